The van der Waals surface area contributed by atoms with Gasteiger partial charge in [0.2, 0.25) is 0 Å². The van der Waals surface area contributed by atoms with Gasteiger partial charge in [0.15, 0.2) is 0 Å². The molecule has 4 heteroatoms. The van der Waals surface area contributed by atoms with Crippen LogP contribution in [-0.2, 0) is 6.54 Å². The SMILES string of the molecule is CC(C)NCc1cc(-n2ccc(C3CC3)n2)ccn1. The molecule has 19 heavy (non-hydrogen) atoms. The number of aromatic nitrogens is 3. The molecule has 0 saturated heterocycles. The third-order valence-corrected chi connectivity index (χ3v) is 3.36. The van der Waals surface area contributed by atoms with Crippen LogP contribution in [0.3, 0.4) is 0 Å². The minimum atomic E-state index is 0.469. The Bertz CT molecular complexity index is 555. The molecule has 0 aliphatic heterocycles. The molecule has 0 amide bonds. The number of pyridine rings is 1. The zero-order valence-electron chi connectivity index (χ0n) is 11.5. The van der Waals surface area contributed by atoms with Crippen LogP contribution in [0.5, 0.6) is 0 Å². The van der Waals surface area contributed by atoms with E-state index in [-0.39, 0.29) is 0 Å². The Morgan fingerprint density at radius 3 is 2.95 bits per heavy atom. The van der Waals surface area contributed by atoms with E-state index in [0.29, 0.717) is 12.0 Å². The van der Waals surface area contributed by atoms with Crippen LogP contribution in [0.25, 0.3) is 5.69 Å². The topological polar surface area (TPSA) is 42.7 Å². The van der Waals surface area contributed by atoms with Gasteiger partial charge < -0.3 is 5.32 Å². The van der Waals surface area contributed by atoms with Gasteiger partial charge in [0.25, 0.3) is 0 Å². The summed E-state index contributed by atoms with van der Waals surface area (Å²) in [6.45, 7) is 5.07. The quantitative estimate of drug-likeness (QED) is 0.894. The first-order chi connectivity index (χ1) is 9.22. The van der Waals surface area contributed by atoms with Crippen molar-refractivity contribution < 1.29 is 0 Å². The number of nitrogens with zero attached hydrogens (tertiary/aromatic N) is 3. The van der Waals surface area contributed by atoms with Crippen LogP contribution < -0.4 is 5.32 Å². The van der Waals surface area contributed by atoms with E-state index in [1.165, 1.54) is 18.5 Å². The van der Waals surface area contributed by atoms with Crippen molar-refractivity contribution in [2.45, 2.75) is 45.2 Å². The largest absolute Gasteiger partial charge is 0.309 e. The van der Waals surface area contributed by atoms with Crippen LogP contribution in [-0.4, -0.2) is 20.8 Å². The molecule has 1 aliphatic rings. The molecule has 0 spiro atoms. The minimum Gasteiger partial charge on any atom is -0.309 e. The molecule has 1 fully saturated rings. The van der Waals surface area contributed by atoms with Crippen molar-refractivity contribution >= 4 is 0 Å². The normalized spacial score (nSPS) is 15.1. The Morgan fingerprint density at radius 1 is 1.37 bits per heavy atom. The van der Waals surface area contributed by atoms with Gasteiger partial charge in [-0.25, -0.2) is 4.68 Å². The van der Waals surface area contributed by atoms with E-state index in [4.69, 9.17) is 0 Å². The monoisotopic (exact) mass is 256 g/mol. The number of hydrogen-bond acceptors (Lipinski definition) is 3. The summed E-state index contributed by atoms with van der Waals surface area (Å²) in [7, 11) is 0. The lowest BCUT2D eigenvalue weighted by molar-refractivity contribution is 0.581. The highest BCUT2D eigenvalue weighted by molar-refractivity contribution is 5.32. The number of nitrogens with one attached hydrogen (secondary N) is 1. The standard InChI is InChI=1S/C15H20N4/c1-11(2)17-10-13-9-14(5-7-16-13)19-8-6-15(18-19)12-3-4-12/h5-9,11-12,17H,3-4,10H2,1-2H3. The molecule has 4 nitrogen and oxygen atoms in total. The molecule has 0 atom stereocenters. The molecule has 3 rings (SSSR count). The second-order valence-corrected chi connectivity index (χ2v) is 5.50. The van der Waals surface area contributed by atoms with Crippen LogP contribution >= 0.6 is 0 Å². The molecule has 1 aliphatic carbocycles. The van der Waals surface area contributed by atoms with Crippen molar-refractivity contribution in [1.82, 2.24) is 20.1 Å². The summed E-state index contributed by atoms with van der Waals surface area (Å²) in [6, 6.07) is 6.70. The highest BCUT2D eigenvalue weighted by Crippen LogP contribution is 2.38. The summed E-state index contributed by atoms with van der Waals surface area (Å²) in [4.78, 5) is 4.39. The smallest absolute Gasteiger partial charge is 0.0679 e. The summed E-state index contributed by atoms with van der Waals surface area (Å²) < 4.78 is 1.95. The molecule has 0 aromatic carbocycles. The molecule has 2 aromatic heterocycles. The number of rotatable bonds is 5. The van der Waals surface area contributed by atoms with Crippen molar-refractivity contribution in [2.75, 3.05) is 0 Å². The zero-order chi connectivity index (χ0) is 13.2. The van der Waals surface area contributed by atoms with Crippen molar-refractivity contribution in [1.29, 1.82) is 0 Å². The first-order valence-electron chi connectivity index (χ1n) is 6.96. The van der Waals surface area contributed by atoms with Crippen molar-refractivity contribution in [3.63, 3.8) is 0 Å². The minimum absolute atomic E-state index is 0.469. The highest BCUT2D eigenvalue weighted by atomic mass is 15.3. The predicted molar refractivity (Wildman–Crippen MR) is 75.3 cm³/mol. The van der Waals surface area contributed by atoms with Gasteiger partial charge in [-0.1, -0.05) is 13.8 Å². The maximum Gasteiger partial charge on any atom is 0.0679 e. The lowest BCUT2D eigenvalue weighted by Crippen LogP contribution is -2.22. The summed E-state index contributed by atoms with van der Waals surface area (Å²) in [5.41, 5.74) is 3.36. The molecule has 2 heterocycles. The zero-order valence-corrected chi connectivity index (χ0v) is 11.5. The van der Waals surface area contributed by atoms with Crippen molar-refractivity contribution in [3.8, 4) is 5.69 Å². The van der Waals surface area contributed by atoms with E-state index in [0.717, 1.165) is 17.9 Å². The first kappa shape index (κ1) is 12.4. The van der Waals surface area contributed by atoms with Gasteiger partial charge in [-0.3, -0.25) is 4.98 Å². The van der Waals surface area contributed by atoms with Gasteiger partial charge in [-0.15, -0.1) is 0 Å². The van der Waals surface area contributed by atoms with E-state index in [2.05, 4.69) is 41.4 Å². The second kappa shape index (κ2) is 5.13. The number of hydrogen-bond donors (Lipinski definition) is 1. The maximum atomic E-state index is 4.65. The average molecular weight is 256 g/mol. The molecule has 0 radical (unpaired) electrons. The van der Waals surface area contributed by atoms with Gasteiger partial charge in [0.1, 0.15) is 0 Å². The fourth-order valence-corrected chi connectivity index (χ4v) is 2.09. The predicted octanol–water partition coefficient (Wildman–Crippen LogP) is 2.64. The summed E-state index contributed by atoms with van der Waals surface area (Å²) in [5, 5.41) is 8.03. The van der Waals surface area contributed by atoms with Gasteiger partial charge in [-0.2, -0.15) is 5.10 Å². The van der Waals surface area contributed by atoms with Crippen LogP contribution in [0.15, 0.2) is 30.6 Å². The molecule has 1 saturated carbocycles. The Labute approximate surface area is 113 Å². The molecule has 2 aromatic rings. The Kier molecular flexibility index (Phi) is 3.34. The van der Waals surface area contributed by atoms with Crippen LogP contribution in [0, 0.1) is 0 Å². The van der Waals surface area contributed by atoms with Gasteiger partial charge >= 0.3 is 0 Å². The molecule has 1 N–H and O–H groups in total. The lowest BCUT2D eigenvalue weighted by Gasteiger charge is -2.08. The van der Waals surface area contributed by atoms with Gasteiger partial charge in [0, 0.05) is 30.9 Å². The first-order valence-corrected chi connectivity index (χ1v) is 6.96. The molecule has 0 unspecified atom stereocenters. The summed E-state index contributed by atoms with van der Waals surface area (Å²) >= 11 is 0. The molecular formula is C15H20N4. The summed E-state index contributed by atoms with van der Waals surface area (Å²) in [6.07, 6.45) is 6.47. The second-order valence-electron chi connectivity index (χ2n) is 5.50. The fraction of sp³-hybridized carbons (Fsp3) is 0.467. The summed E-state index contributed by atoms with van der Waals surface area (Å²) in [5.74, 6) is 0.699. The van der Waals surface area contributed by atoms with Crippen LogP contribution in [0.1, 0.15) is 44.0 Å². The van der Waals surface area contributed by atoms with Crippen molar-refractivity contribution in [3.05, 3.63) is 42.0 Å². The van der Waals surface area contributed by atoms with E-state index < -0.39 is 0 Å². The van der Waals surface area contributed by atoms with E-state index in [1.807, 2.05) is 23.1 Å². The van der Waals surface area contributed by atoms with E-state index >= 15 is 0 Å². The van der Waals surface area contributed by atoms with E-state index in [1.54, 1.807) is 0 Å². The average Bonchev–Trinajstić information content (AvgIpc) is 3.14. The lowest BCUT2D eigenvalue weighted by atomic mass is 10.3. The fourth-order valence-electron chi connectivity index (χ4n) is 2.09. The Morgan fingerprint density at radius 2 is 2.21 bits per heavy atom. The van der Waals surface area contributed by atoms with Gasteiger partial charge in [0.05, 0.1) is 17.1 Å². The van der Waals surface area contributed by atoms with Crippen LogP contribution in [0.4, 0.5) is 0 Å². The van der Waals surface area contributed by atoms with Crippen molar-refractivity contribution in [2.24, 2.45) is 0 Å². The third kappa shape index (κ3) is 3.01. The Balaban J connectivity index is 1.77. The van der Waals surface area contributed by atoms with Crippen LogP contribution in [0.2, 0.25) is 0 Å². The maximum absolute atomic E-state index is 4.65. The highest BCUT2D eigenvalue weighted by Gasteiger charge is 2.25. The molecule has 0 bridgehead atoms. The molecule has 100 valence electrons. The van der Waals surface area contributed by atoms with E-state index in [9.17, 15) is 0 Å². The Hall–Kier alpha value is -1.68. The molecular weight excluding hydrogens is 236 g/mol. The third-order valence-electron chi connectivity index (χ3n) is 3.36. The van der Waals surface area contributed by atoms with Gasteiger partial charge in [-0.05, 0) is 31.0 Å².